The minimum atomic E-state index is -1.17. The van der Waals surface area contributed by atoms with Crippen LogP contribution in [0, 0.1) is 16.7 Å². The maximum Gasteiger partial charge on any atom is 0.329 e. The fourth-order valence-electron chi connectivity index (χ4n) is 6.54. The summed E-state index contributed by atoms with van der Waals surface area (Å²) in [6.45, 7) is 11.6. The Morgan fingerprint density at radius 3 is 2.24 bits per heavy atom. The second kappa shape index (κ2) is 13.8. The number of carboxylic acid groups (broad SMARTS) is 1. The number of nitrogens with one attached hydrogen (secondary N) is 1. The SMILES string of the molecule is CC(C)(C)OC(=O)[C@@H]1CCCN1C(=O)[C@@]1(C)CC[C@@H](C(=O)N[C@@H](Cc2ccc(OCc3c(Cl)cccc3Cl)cc2)C(=O)O)C1(C)C. The van der Waals surface area contributed by atoms with Crippen LogP contribution in [-0.2, 0) is 36.9 Å². The highest BCUT2D eigenvalue weighted by molar-refractivity contribution is 6.35. The summed E-state index contributed by atoms with van der Waals surface area (Å²) in [6, 6.07) is 10.3. The molecule has 46 heavy (non-hydrogen) atoms. The van der Waals surface area contributed by atoms with E-state index in [0.29, 0.717) is 59.1 Å². The average molecular weight is 676 g/mol. The van der Waals surface area contributed by atoms with Gasteiger partial charge in [0.1, 0.15) is 30.0 Å². The Balaban J connectivity index is 1.40. The van der Waals surface area contributed by atoms with Crippen molar-refractivity contribution >= 4 is 47.0 Å². The van der Waals surface area contributed by atoms with Gasteiger partial charge < -0.3 is 24.8 Å². The molecule has 0 unspecified atom stereocenters. The van der Waals surface area contributed by atoms with Gasteiger partial charge in [0.2, 0.25) is 11.8 Å². The van der Waals surface area contributed by atoms with Crippen LogP contribution in [0.2, 0.25) is 10.0 Å². The number of hydrogen-bond donors (Lipinski definition) is 2. The van der Waals surface area contributed by atoms with Crippen LogP contribution in [0.15, 0.2) is 42.5 Å². The van der Waals surface area contributed by atoms with Gasteiger partial charge in [-0.3, -0.25) is 9.59 Å². The summed E-state index contributed by atoms with van der Waals surface area (Å²) in [4.78, 5) is 54.5. The van der Waals surface area contributed by atoms with Crippen LogP contribution >= 0.6 is 23.2 Å². The molecular weight excluding hydrogens is 631 g/mol. The number of amides is 2. The topological polar surface area (TPSA) is 122 Å². The number of carboxylic acids is 1. The van der Waals surface area contributed by atoms with Crippen molar-refractivity contribution in [2.24, 2.45) is 16.7 Å². The molecule has 4 atom stereocenters. The Bertz CT molecular complexity index is 1450. The molecule has 1 aliphatic heterocycles. The van der Waals surface area contributed by atoms with Crippen LogP contribution < -0.4 is 10.1 Å². The standard InChI is InChI=1S/C35H44Cl2N2O7/c1-33(2,3)46-31(43)28-11-8-18-39(28)32(44)35(6)17-16-24(34(35,4)5)29(40)38-27(30(41)42)19-21-12-14-22(15-13-21)45-20-23-25(36)9-7-10-26(23)37/h7,9-10,12-15,24,27-28H,8,11,16-20H2,1-6H3,(H,38,40)(H,41,42)/t24-,27-,28-,35+/m0/s1. The average Bonchev–Trinajstić information content (AvgIpc) is 3.55. The van der Waals surface area contributed by atoms with Crippen molar-refractivity contribution in [1.29, 1.82) is 0 Å². The van der Waals surface area contributed by atoms with Gasteiger partial charge in [0.05, 0.1) is 5.41 Å². The van der Waals surface area contributed by atoms with Crippen molar-refractivity contribution in [2.75, 3.05) is 6.54 Å². The van der Waals surface area contributed by atoms with Crippen molar-refractivity contribution in [3.8, 4) is 5.75 Å². The van der Waals surface area contributed by atoms with E-state index in [2.05, 4.69) is 5.32 Å². The fourth-order valence-corrected chi connectivity index (χ4v) is 7.05. The van der Waals surface area contributed by atoms with E-state index >= 15 is 0 Å². The number of carbonyl (C=O) groups is 4. The zero-order chi connectivity index (χ0) is 34.0. The first-order chi connectivity index (χ1) is 21.4. The first-order valence-electron chi connectivity index (χ1n) is 15.7. The predicted octanol–water partition coefficient (Wildman–Crippen LogP) is 6.46. The number of ether oxygens (including phenoxy) is 2. The molecule has 2 aromatic carbocycles. The van der Waals surface area contributed by atoms with Gasteiger partial charge in [-0.05, 0) is 81.7 Å². The molecule has 0 aromatic heterocycles. The van der Waals surface area contributed by atoms with Crippen LogP contribution in [0.25, 0.3) is 0 Å². The molecule has 250 valence electrons. The Labute approximate surface area is 280 Å². The van der Waals surface area contributed by atoms with E-state index in [1.54, 1.807) is 68.1 Å². The van der Waals surface area contributed by atoms with E-state index in [-0.39, 0.29) is 18.9 Å². The van der Waals surface area contributed by atoms with Gasteiger partial charge in [0.25, 0.3) is 0 Å². The van der Waals surface area contributed by atoms with Crippen LogP contribution in [0.4, 0.5) is 0 Å². The number of benzene rings is 2. The number of halogens is 2. The van der Waals surface area contributed by atoms with Crippen molar-refractivity contribution in [3.05, 3.63) is 63.6 Å². The third-order valence-electron chi connectivity index (χ3n) is 9.63. The number of rotatable bonds is 10. The first-order valence-corrected chi connectivity index (χ1v) is 16.4. The molecule has 0 spiro atoms. The second-order valence-electron chi connectivity index (χ2n) is 14.1. The molecule has 2 aromatic rings. The number of carbonyl (C=O) groups excluding carboxylic acids is 3. The van der Waals surface area contributed by atoms with E-state index in [0.717, 1.165) is 0 Å². The van der Waals surface area contributed by atoms with Gasteiger partial charge in [-0.25, -0.2) is 9.59 Å². The summed E-state index contributed by atoms with van der Waals surface area (Å²) in [6.07, 6.45) is 2.14. The van der Waals surface area contributed by atoms with E-state index < -0.39 is 52.3 Å². The largest absolute Gasteiger partial charge is 0.489 e. The third-order valence-corrected chi connectivity index (χ3v) is 10.3. The van der Waals surface area contributed by atoms with Gasteiger partial charge in [-0.1, -0.05) is 62.2 Å². The molecule has 2 fully saturated rings. The highest BCUT2D eigenvalue weighted by Gasteiger charge is 2.60. The molecule has 0 radical (unpaired) electrons. The summed E-state index contributed by atoms with van der Waals surface area (Å²) in [5.74, 6) is -2.20. The Morgan fingerprint density at radius 2 is 1.65 bits per heavy atom. The minimum absolute atomic E-state index is 0.0619. The maximum absolute atomic E-state index is 14.1. The van der Waals surface area contributed by atoms with E-state index in [4.69, 9.17) is 32.7 Å². The minimum Gasteiger partial charge on any atom is -0.489 e. The molecule has 1 heterocycles. The molecule has 2 aliphatic rings. The third kappa shape index (κ3) is 7.63. The molecular formula is C35H44Cl2N2O7. The molecule has 0 bridgehead atoms. The van der Waals surface area contributed by atoms with Crippen LogP contribution in [0.5, 0.6) is 5.75 Å². The highest BCUT2D eigenvalue weighted by atomic mass is 35.5. The first kappa shape index (κ1) is 35.6. The van der Waals surface area contributed by atoms with Gasteiger partial charge >= 0.3 is 11.9 Å². The smallest absolute Gasteiger partial charge is 0.329 e. The summed E-state index contributed by atoms with van der Waals surface area (Å²) < 4.78 is 11.4. The molecule has 4 rings (SSSR count). The van der Waals surface area contributed by atoms with Gasteiger partial charge in [0.15, 0.2) is 0 Å². The summed E-state index contributed by atoms with van der Waals surface area (Å²) in [5.41, 5.74) is -1.04. The molecule has 1 saturated heterocycles. The summed E-state index contributed by atoms with van der Waals surface area (Å²) >= 11 is 12.4. The number of hydrogen-bond acceptors (Lipinski definition) is 6. The van der Waals surface area contributed by atoms with Crippen LogP contribution in [0.1, 0.15) is 78.4 Å². The quantitative estimate of drug-likeness (QED) is 0.277. The number of nitrogens with zero attached hydrogens (tertiary/aromatic N) is 1. The fraction of sp³-hybridized carbons (Fsp3) is 0.543. The molecule has 1 aliphatic carbocycles. The molecule has 1 saturated carbocycles. The maximum atomic E-state index is 14.1. The van der Waals surface area contributed by atoms with Crippen LogP contribution in [-0.4, -0.2) is 58.0 Å². The molecule has 2 amide bonds. The van der Waals surface area contributed by atoms with E-state index in [9.17, 15) is 24.3 Å². The van der Waals surface area contributed by atoms with Crippen LogP contribution in [0.3, 0.4) is 0 Å². The van der Waals surface area contributed by atoms with Gasteiger partial charge in [-0.2, -0.15) is 0 Å². The summed E-state index contributed by atoms with van der Waals surface area (Å²) in [5, 5.41) is 13.7. The highest BCUT2D eigenvalue weighted by Crippen LogP contribution is 2.57. The Hall–Kier alpha value is -3.30. The Kier molecular flexibility index (Phi) is 10.7. The summed E-state index contributed by atoms with van der Waals surface area (Å²) in [7, 11) is 0. The normalized spacial score (nSPS) is 23.1. The van der Waals surface area contributed by atoms with Crippen molar-refractivity contribution < 1.29 is 33.8 Å². The predicted molar refractivity (Wildman–Crippen MR) is 176 cm³/mol. The lowest BCUT2D eigenvalue weighted by atomic mass is 9.64. The van der Waals surface area contributed by atoms with E-state index in [1.807, 2.05) is 20.8 Å². The monoisotopic (exact) mass is 674 g/mol. The zero-order valence-corrected chi connectivity index (χ0v) is 28.8. The zero-order valence-electron chi connectivity index (χ0n) is 27.3. The number of aliphatic carboxylic acids is 1. The van der Waals surface area contributed by atoms with E-state index in [1.165, 1.54) is 0 Å². The van der Waals surface area contributed by atoms with Gasteiger partial charge in [0, 0.05) is 34.5 Å². The second-order valence-corrected chi connectivity index (χ2v) is 14.9. The number of likely N-dealkylation sites (tertiary alicyclic amines) is 1. The lowest BCUT2D eigenvalue weighted by Gasteiger charge is -2.43. The number of esters is 1. The molecule has 2 N–H and O–H groups in total. The van der Waals surface area contributed by atoms with Crippen molar-refractivity contribution in [2.45, 2.75) is 97.9 Å². The van der Waals surface area contributed by atoms with Crippen molar-refractivity contribution in [3.63, 3.8) is 0 Å². The Morgan fingerprint density at radius 1 is 1.02 bits per heavy atom. The molecule has 11 heteroatoms. The lowest BCUT2D eigenvalue weighted by Crippen LogP contribution is -2.54. The van der Waals surface area contributed by atoms with Gasteiger partial charge in [-0.15, -0.1) is 0 Å². The molecule has 9 nitrogen and oxygen atoms in total. The van der Waals surface area contributed by atoms with Crippen molar-refractivity contribution in [1.82, 2.24) is 10.2 Å². The lowest BCUT2D eigenvalue weighted by molar-refractivity contribution is -0.167.